The summed E-state index contributed by atoms with van der Waals surface area (Å²) in [6.45, 7) is 5.35. The molecule has 4 nitrogen and oxygen atoms in total. The molecule has 1 N–H and O–H groups in total. The Morgan fingerprint density at radius 1 is 1.10 bits per heavy atom. The third-order valence-corrected chi connectivity index (χ3v) is 5.44. The Bertz CT molecular complexity index is 505. The predicted octanol–water partition coefficient (Wildman–Crippen LogP) is 2.11. The van der Waals surface area contributed by atoms with E-state index in [0.29, 0.717) is 13.1 Å². The van der Waals surface area contributed by atoms with Crippen LogP contribution in [0, 0.1) is 0 Å². The molecule has 5 heteroatoms. The summed E-state index contributed by atoms with van der Waals surface area (Å²) >= 11 is 0. The number of benzene rings is 1. The molecule has 112 valence electrons. The van der Waals surface area contributed by atoms with Crippen LogP contribution in [0.25, 0.3) is 0 Å². The molecule has 0 aromatic heterocycles. The SMILES string of the molecule is CCCNCc1ccc(CS(=O)(=O)N2CCCC2)cc1. The molecule has 1 aromatic carbocycles. The number of hydrogen-bond acceptors (Lipinski definition) is 3. The fourth-order valence-electron chi connectivity index (χ4n) is 2.43. The van der Waals surface area contributed by atoms with Gasteiger partial charge in [-0.25, -0.2) is 12.7 Å². The minimum absolute atomic E-state index is 0.121. The Hall–Kier alpha value is -0.910. The van der Waals surface area contributed by atoms with Crippen LogP contribution in [-0.4, -0.2) is 32.4 Å². The standard InChI is InChI=1S/C15H24N2O2S/c1-2-9-16-12-14-5-7-15(8-6-14)13-20(18,19)17-10-3-4-11-17/h5-8,16H,2-4,9-13H2,1H3. The van der Waals surface area contributed by atoms with Crippen molar-refractivity contribution in [3.8, 4) is 0 Å². The number of nitrogens with zero attached hydrogens (tertiary/aromatic N) is 1. The molecule has 0 unspecified atom stereocenters. The summed E-state index contributed by atoms with van der Waals surface area (Å²) < 4.78 is 26.0. The van der Waals surface area contributed by atoms with Gasteiger partial charge in [0.15, 0.2) is 0 Å². The first-order chi connectivity index (χ1) is 9.62. The van der Waals surface area contributed by atoms with Crippen LogP contribution < -0.4 is 5.32 Å². The molecule has 1 aliphatic heterocycles. The van der Waals surface area contributed by atoms with Crippen LogP contribution in [0.5, 0.6) is 0 Å². The molecule has 1 heterocycles. The van der Waals surface area contributed by atoms with Crippen LogP contribution in [0.1, 0.15) is 37.3 Å². The maximum atomic E-state index is 12.2. The maximum Gasteiger partial charge on any atom is 0.218 e. The molecule has 1 aliphatic rings. The highest BCUT2D eigenvalue weighted by atomic mass is 32.2. The molecule has 20 heavy (non-hydrogen) atoms. The minimum atomic E-state index is -3.13. The van der Waals surface area contributed by atoms with Crippen molar-refractivity contribution < 1.29 is 8.42 Å². The van der Waals surface area contributed by atoms with Crippen LogP contribution in [0.4, 0.5) is 0 Å². The Labute approximate surface area is 122 Å². The predicted molar refractivity (Wildman–Crippen MR) is 81.9 cm³/mol. The van der Waals surface area contributed by atoms with Crippen molar-refractivity contribution in [1.82, 2.24) is 9.62 Å². The molecule has 0 radical (unpaired) electrons. The van der Waals surface area contributed by atoms with Gasteiger partial charge in [-0.3, -0.25) is 0 Å². The van der Waals surface area contributed by atoms with Crippen molar-refractivity contribution >= 4 is 10.0 Å². The average molecular weight is 296 g/mol. The third-order valence-electron chi connectivity index (χ3n) is 3.59. The second-order valence-electron chi connectivity index (χ2n) is 5.36. The van der Waals surface area contributed by atoms with Gasteiger partial charge in [-0.1, -0.05) is 31.2 Å². The van der Waals surface area contributed by atoms with Gasteiger partial charge < -0.3 is 5.32 Å². The summed E-state index contributed by atoms with van der Waals surface area (Å²) in [7, 11) is -3.13. The molecule has 0 spiro atoms. The molecule has 1 fully saturated rings. The number of sulfonamides is 1. The van der Waals surface area contributed by atoms with Gasteiger partial charge in [0.2, 0.25) is 10.0 Å². The van der Waals surface area contributed by atoms with Gasteiger partial charge >= 0.3 is 0 Å². The molecular weight excluding hydrogens is 272 g/mol. The van der Waals surface area contributed by atoms with E-state index in [4.69, 9.17) is 0 Å². The normalized spacial score (nSPS) is 16.6. The van der Waals surface area contributed by atoms with Crippen molar-refractivity contribution in [2.75, 3.05) is 19.6 Å². The summed E-state index contributed by atoms with van der Waals surface area (Å²) in [6.07, 6.45) is 3.09. The fraction of sp³-hybridized carbons (Fsp3) is 0.600. The lowest BCUT2D eigenvalue weighted by molar-refractivity contribution is 0.476. The van der Waals surface area contributed by atoms with Crippen LogP contribution in [0.15, 0.2) is 24.3 Å². The van der Waals surface area contributed by atoms with E-state index in [1.807, 2.05) is 24.3 Å². The van der Waals surface area contributed by atoms with Gasteiger partial charge in [0.05, 0.1) is 5.75 Å². The zero-order valence-electron chi connectivity index (χ0n) is 12.1. The summed E-state index contributed by atoms with van der Waals surface area (Å²) in [5, 5.41) is 3.34. The minimum Gasteiger partial charge on any atom is -0.313 e. The Balaban J connectivity index is 1.93. The van der Waals surface area contributed by atoms with Crippen molar-refractivity contribution in [3.63, 3.8) is 0 Å². The van der Waals surface area contributed by atoms with Crippen LogP contribution >= 0.6 is 0 Å². The third kappa shape index (κ3) is 4.30. The maximum absolute atomic E-state index is 12.2. The second kappa shape index (κ2) is 7.20. The van der Waals surface area contributed by atoms with E-state index in [1.165, 1.54) is 5.56 Å². The topological polar surface area (TPSA) is 49.4 Å². The quantitative estimate of drug-likeness (QED) is 0.784. The molecule has 0 saturated carbocycles. The molecule has 0 aliphatic carbocycles. The van der Waals surface area contributed by atoms with Gasteiger partial charge in [-0.15, -0.1) is 0 Å². The molecule has 1 aromatic rings. The average Bonchev–Trinajstić information content (AvgIpc) is 2.95. The lowest BCUT2D eigenvalue weighted by Gasteiger charge is -2.15. The highest BCUT2D eigenvalue weighted by Gasteiger charge is 2.25. The van der Waals surface area contributed by atoms with E-state index in [2.05, 4.69) is 12.2 Å². The first-order valence-electron chi connectivity index (χ1n) is 7.38. The Morgan fingerprint density at radius 3 is 2.30 bits per heavy atom. The van der Waals surface area contributed by atoms with Gasteiger partial charge in [0, 0.05) is 19.6 Å². The van der Waals surface area contributed by atoms with Gasteiger partial charge in [0.1, 0.15) is 0 Å². The van der Waals surface area contributed by atoms with Crippen LogP contribution in [0.2, 0.25) is 0 Å². The van der Waals surface area contributed by atoms with E-state index in [0.717, 1.165) is 37.9 Å². The number of hydrogen-bond donors (Lipinski definition) is 1. The zero-order valence-corrected chi connectivity index (χ0v) is 13.0. The van der Waals surface area contributed by atoms with E-state index < -0.39 is 10.0 Å². The van der Waals surface area contributed by atoms with Crippen molar-refractivity contribution in [3.05, 3.63) is 35.4 Å². The monoisotopic (exact) mass is 296 g/mol. The number of nitrogens with one attached hydrogen (secondary N) is 1. The second-order valence-corrected chi connectivity index (χ2v) is 7.32. The Morgan fingerprint density at radius 2 is 1.70 bits per heavy atom. The van der Waals surface area contributed by atoms with E-state index >= 15 is 0 Å². The number of rotatable bonds is 7. The van der Waals surface area contributed by atoms with Crippen LogP contribution in [0.3, 0.4) is 0 Å². The molecule has 0 amide bonds. The molecule has 1 saturated heterocycles. The first kappa shape index (κ1) is 15.5. The van der Waals surface area contributed by atoms with E-state index in [1.54, 1.807) is 4.31 Å². The van der Waals surface area contributed by atoms with E-state index in [9.17, 15) is 8.42 Å². The molecule has 2 rings (SSSR count). The van der Waals surface area contributed by atoms with Crippen molar-refractivity contribution in [2.24, 2.45) is 0 Å². The highest BCUT2D eigenvalue weighted by Crippen LogP contribution is 2.17. The van der Waals surface area contributed by atoms with Gasteiger partial charge in [-0.2, -0.15) is 0 Å². The zero-order chi connectivity index (χ0) is 14.4. The van der Waals surface area contributed by atoms with Crippen LogP contribution in [-0.2, 0) is 22.3 Å². The van der Waals surface area contributed by atoms with Crippen molar-refractivity contribution in [1.29, 1.82) is 0 Å². The molecular formula is C15H24N2O2S. The smallest absolute Gasteiger partial charge is 0.218 e. The summed E-state index contributed by atoms with van der Waals surface area (Å²) in [4.78, 5) is 0. The fourth-order valence-corrected chi connectivity index (χ4v) is 4.04. The van der Waals surface area contributed by atoms with Gasteiger partial charge in [-0.05, 0) is 36.9 Å². The lowest BCUT2D eigenvalue weighted by Crippen LogP contribution is -2.29. The summed E-state index contributed by atoms with van der Waals surface area (Å²) in [5.41, 5.74) is 2.07. The molecule has 0 atom stereocenters. The highest BCUT2D eigenvalue weighted by molar-refractivity contribution is 7.88. The largest absolute Gasteiger partial charge is 0.313 e. The van der Waals surface area contributed by atoms with Gasteiger partial charge in [0.25, 0.3) is 0 Å². The van der Waals surface area contributed by atoms with Crippen molar-refractivity contribution in [2.45, 2.75) is 38.5 Å². The Kier molecular flexibility index (Phi) is 5.57. The molecule has 0 bridgehead atoms. The summed E-state index contributed by atoms with van der Waals surface area (Å²) in [5.74, 6) is 0.121. The van der Waals surface area contributed by atoms with E-state index in [-0.39, 0.29) is 5.75 Å². The summed E-state index contributed by atoms with van der Waals surface area (Å²) in [6, 6.07) is 7.88. The first-order valence-corrected chi connectivity index (χ1v) is 8.99. The lowest BCUT2D eigenvalue weighted by atomic mass is 10.1.